The Morgan fingerprint density at radius 2 is 1.57 bits per heavy atom. The highest BCUT2D eigenvalue weighted by atomic mass is 19.4. The fraction of sp³-hybridized carbons (Fsp3) is 0.250. The summed E-state index contributed by atoms with van der Waals surface area (Å²) in [6.07, 6.45) is -12.0. The predicted octanol–water partition coefficient (Wildman–Crippen LogP) is 5.01. The molecule has 0 aliphatic rings. The van der Waals surface area contributed by atoms with Crippen LogP contribution in [0.4, 0.5) is 26.3 Å². The lowest BCUT2D eigenvalue weighted by Gasteiger charge is -2.32. The van der Waals surface area contributed by atoms with Crippen molar-refractivity contribution in [1.29, 1.82) is 0 Å². The van der Waals surface area contributed by atoms with Gasteiger partial charge in [0, 0.05) is 28.7 Å². The number of carbonyl (C=O) groups is 1. The molecule has 1 aromatic heterocycles. The van der Waals surface area contributed by atoms with Crippen LogP contribution in [0.15, 0.2) is 48.5 Å². The molecule has 0 atom stereocenters. The Morgan fingerprint density at radius 3 is 2.13 bits per heavy atom. The number of alkyl halides is 6. The Hall–Kier alpha value is -3.01. The molecule has 0 radical (unpaired) electrons. The van der Waals surface area contributed by atoms with Crippen LogP contribution in [0.2, 0.25) is 0 Å². The molecule has 3 aromatic rings. The van der Waals surface area contributed by atoms with Gasteiger partial charge in [-0.3, -0.25) is 0 Å². The van der Waals surface area contributed by atoms with Crippen molar-refractivity contribution < 1.29 is 41.4 Å². The zero-order chi connectivity index (χ0) is 22.5. The van der Waals surface area contributed by atoms with Gasteiger partial charge in [-0.05, 0) is 36.8 Å². The van der Waals surface area contributed by atoms with E-state index in [-0.39, 0.29) is 17.5 Å². The number of hydrogen-bond acceptors (Lipinski definition) is 2. The van der Waals surface area contributed by atoms with Gasteiger partial charge in [0.1, 0.15) is 0 Å². The largest absolute Gasteiger partial charge is 0.478 e. The van der Waals surface area contributed by atoms with Crippen molar-refractivity contribution in [2.45, 2.75) is 31.4 Å². The molecule has 0 spiro atoms. The van der Waals surface area contributed by atoms with Gasteiger partial charge in [0.25, 0.3) is 5.60 Å². The van der Waals surface area contributed by atoms with Gasteiger partial charge in [0.05, 0.1) is 5.56 Å². The second kappa shape index (κ2) is 7.05. The van der Waals surface area contributed by atoms with Gasteiger partial charge in [-0.1, -0.05) is 24.3 Å². The van der Waals surface area contributed by atoms with E-state index in [1.54, 1.807) is 23.6 Å². The average Bonchev–Trinajstić information content (AvgIpc) is 2.94. The van der Waals surface area contributed by atoms with Crippen molar-refractivity contribution in [3.63, 3.8) is 0 Å². The molecular weight excluding hydrogens is 416 g/mol. The van der Waals surface area contributed by atoms with Gasteiger partial charge in [-0.15, -0.1) is 0 Å². The summed E-state index contributed by atoms with van der Waals surface area (Å²) in [6, 6.07) is 9.74. The van der Waals surface area contributed by atoms with Crippen molar-refractivity contribution in [2.24, 2.45) is 0 Å². The third-order valence-electron chi connectivity index (χ3n) is 4.92. The number of halogens is 6. The molecule has 2 N–H and O–H groups in total. The van der Waals surface area contributed by atoms with Gasteiger partial charge in [0.2, 0.25) is 0 Å². The monoisotopic (exact) mass is 431 g/mol. The second-order valence-electron chi connectivity index (χ2n) is 6.81. The van der Waals surface area contributed by atoms with E-state index in [9.17, 15) is 41.4 Å². The molecule has 0 fully saturated rings. The van der Waals surface area contributed by atoms with Crippen molar-refractivity contribution in [2.75, 3.05) is 0 Å². The predicted molar refractivity (Wildman–Crippen MR) is 95.2 cm³/mol. The maximum atomic E-state index is 13.1. The quantitative estimate of drug-likeness (QED) is 0.571. The SMILES string of the molecule is Cc1cc2cc(C(O)(C(F)(F)F)C(F)(F)F)ccc2n1Cc1ccccc1C(=O)O. The molecule has 4 nitrogen and oxygen atoms in total. The summed E-state index contributed by atoms with van der Waals surface area (Å²) < 4.78 is 80.5. The van der Waals surface area contributed by atoms with E-state index in [1.807, 2.05) is 0 Å². The number of hydrogen-bond donors (Lipinski definition) is 2. The van der Waals surface area contributed by atoms with Crippen molar-refractivity contribution in [3.05, 3.63) is 70.9 Å². The Balaban J connectivity index is 2.13. The van der Waals surface area contributed by atoms with E-state index < -0.39 is 29.5 Å². The van der Waals surface area contributed by atoms with Crippen LogP contribution in [0.25, 0.3) is 10.9 Å². The third-order valence-corrected chi connectivity index (χ3v) is 4.92. The first-order chi connectivity index (χ1) is 13.8. The number of rotatable bonds is 4. The fourth-order valence-corrected chi connectivity index (χ4v) is 3.37. The molecule has 3 rings (SSSR count). The number of aromatic nitrogens is 1. The molecular formula is C20H15F6NO3. The zero-order valence-electron chi connectivity index (χ0n) is 15.3. The third kappa shape index (κ3) is 3.41. The molecule has 0 saturated carbocycles. The number of nitrogens with zero attached hydrogens (tertiary/aromatic N) is 1. The van der Waals surface area contributed by atoms with Crippen molar-refractivity contribution in [3.8, 4) is 0 Å². The van der Waals surface area contributed by atoms with E-state index in [1.165, 1.54) is 18.2 Å². The van der Waals surface area contributed by atoms with Gasteiger partial charge in [-0.25, -0.2) is 4.79 Å². The van der Waals surface area contributed by atoms with Crippen LogP contribution in [0, 0.1) is 6.92 Å². The van der Waals surface area contributed by atoms with Crippen LogP contribution >= 0.6 is 0 Å². The highest BCUT2D eigenvalue weighted by molar-refractivity contribution is 5.89. The molecule has 10 heteroatoms. The number of aromatic carboxylic acids is 1. The van der Waals surface area contributed by atoms with Crippen LogP contribution in [-0.2, 0) is 12.1 Å². The van der Waals surface area contributed by atoms with E-state index in [0.717, 1.165) is 6.07 Å². The molecule has 160 valence electrons. The smallest absolute Gasteiger partial charge is 0.430 e. The summed E-state index contributed by atoms with van der Waals surface area (Å²) >= 11 is 0. The molecule has 30 heavy (non-hydrogen) atoms. The number of carboxylic acids is 1. The van der Waals surface area contributed by atoms with E-state index >= 15 is 0 Å². The van der Waals surface area contributed by atoms with Crippen LogP contribution in [0.5, 0.6) is 0 Å². The zero-order valence-corrected chi connectivity index (χ0v) is 15.3. The lowest BCUT2D eigenvalue weighted by molar-refractivity contribution is -0.376. The lowest BCUT2D eigenvalue weighted by atomic mass is 9.91. The number of aryl methyl sites for hydroxylation is 1. The van der Waals surface area contributed by atoms with E-state index in [0.29, 0.717) is 28.9 Å². The number of aliphatic hydroxyl groups is 1. The number of carboxylic acid groups (broad SMARTS) is 1. The van der Waals surface area contributed by atoms with E-state index in [4.69, 9.17) is 0 Å². The minimum Gasteiger partial charge on any atom is -0.478 e. The minimum atomic E-state index is -5.98. The molecule has 0 unspecified atom stereocenters. The standard InChI is InChI=1S/C20H15F6NO3/c1-11-8-13-9-14(18(30,19(21,22)23)20(24,25)26)6-7-16(13)27(11)10-12-4-2-3-5-15(12)17(28)29/h2-9,30H,10H2,1H3,(H,28,29). The topological polar surface area (TPSA) is 62.5 Å². The van der Waals surface area contributed by atoms with Gasteiger partial charge in [-0.2, -0.15) is 26.3 Å². The summed E-state index contributed by atoms with van der Waals surface area (Å²) in [5.74, 6) is -1.16. The van der Waals surface area contributed by atoms with Gasteiger partial charge in [0.15, 0.2) is 0 Å². The maximum Gasteiger partial charge on any atom is 0.430 e. The Morgan fingerprint density at radius 1 is 0.967 bits per heavy atom. The summed E-state index contributed by atoms with van der Waals surface area (Å²) in [5, 5.41) is 19.0. The van der Waals surface area contributed by atoms with Crippen LogP contribution in [0.1, 0.15) is 27.2 Å². The van der Waals surface area contributed by atoms with Crippen LogP contribution in [0.3, 0.4) is 0 Å². The first-order valence-corrected chi connectivity index (χ1v) is 8.54. The van der Waals surface area contributed by atoms with Crippen LogP contribution < -0.4 is 0 Å². The molecule has 0 saturated heterocycles. The first kappa shape index (κ1) is 21.7. The molecule has 0 aliphatic heterocycles. The normalized spacial score (nSPS) is 13.1. The molecule has 0 bridgehead atoms. The Kier molecular flexibility index (Phi) is 5.10. The summed E-state index contributed by atoms with van der Waals surface area (Å²) in [6.45, 7) is 1.63. The van der Waals surface area contributed by atoms with Gasteiger partial charge < -0.3 is 14.8 Å². The minimum absolute atomic E-state index is 0.0267. The highest BCUT2D eigenvalue weighted by Gasteiger charge is 2.71. The number of benzene rings is 2. The van der Waals surface area contributed by atoms with Crippen LogP contribution in [-0.4, -0.2) is 33.1 Å². The highest BCUT2D eigenvalue weighted by Crippen LogP contribution is 2.50. The van der Waals surface area contributed by atoms with E-state index in [2.05, 4.69) is 0 Å². The second-order valence-corrected chi connectivity index (χ2v) is 6.81. The molecule has 1 heterocycles. The Labute approximate surface area is 166 Å². The van der Waals surface area contributed by atoms with Gasteiger partial charge >= 0.3 is 18.3 Å². The average molecular weight is 431 g/mol. The fourth-order valence-electron chi connectivity index (χ4n) is 3.37. The molecule has 2 aromatic carbocycles. The molecule has 0 aliphatic carbocycles. The Bertz CT molecular complexity index is 1100. The number of fused-ring (bicyclic) bond motifs is 1. The van der Waals surface area contributed by atoms with Crippen molar-refractivity contribution in [1.82, 2.24) is 4.57 Å². The summed E-state index contributed by atoms with van der Waals surface area (Å²) in [5.41, 5.74) is -5.14. The lowest BCUT2D eigenvalue weighted by Crippen LogP contribution is -2.53. The maximum absolute atomic E-state index is 13.1. The van der Waals surface area contributed by atoms with Crippen molar-refractivity contribution >= 4 is 16.9 Å². The first-order valence-electron chi connectivity index (χ1n) is 8.54. The molecule has 0 amide bonds. The summed E-state index contributed by atoms with van der Waals surface area (Å²) in [7, 11) is 0. The summed E-state index contributed by atoms with van der Waals surface area (Å²) in [4.78, 5) is 11.4.